The molecule has 0 N–H and O–H groups in total. The molecule has 25 heavy (non-hydrogen) atoms. The molecule has 0 bridgehead atoms. The Morgan fingerprint density at radius 1 is 1.28 bits per heavy atom. The number of nitrogens with zero attached hydrogens (tertiary/aromatic N) is 2. The lowest BCUT2D eigenvalue weighted by Gasteiger charge is -2.36. The van der Waals surface area contributed by atoms with Gasteiger partial charge in [0.1, 0.15) is 0 Å². The first-order valence-electron chi connectivity index (χ1n) is 9.59. The monoisotopic (exact) mass is 344 g/mol. The van der Waals surface area contributed by atoms with Crippen LogP contribution in [0.2, 0.25) is 0 Å². The highest BCUT2D eigenvalue weighted by atomic mass is 16.2. The third kappa shape index (κ3) is 5.07. The Kier molecular flexibility index (Phi) is 7.03. The molecule has 138 valence electrons. The van der Waals surface area contributed by atoms with Gasteiger partial charge >= 0.3 is 0 Å². The molecule has 2 rings (SSSR count). The second kappa shape index (κ2) is 9.02. The lowest BCUT2D eigenvalue weighted by molar-refractivity contribution is -0.142. The van der Waals surface area contributed by atoms with Crippen LogP contribution >= 0.6 is 0 Å². The van der Waals surface area contributed by atoms with E-state index < -0.39 is 0 Å². The quantitative estimate of drug-likeness (QED) is 0.755. The lowest BCUT2D eigenvalue weighted by atomic mass is 9.93. The van der Waals surface area contributed by atoms with Crippen LogP contribution in [0.3, 0.4) is 0 Å². The fourth-order valence-electron chi connectivity index (χ4n) is 3.44. The van der Waals surface area contributed by atoms with Crippen LogP contribution in [0.4, 0.5) is 0 Å². The van der Waals surface area contributed by atoms with Crippen LogP contribution in [0.25, 0.3) is 0 Å². The molecule has 0 saturated heterocycles. The summed E-state index contributed by atoms with van der Waals surface area (Å²) < 4.78 is 0. The topological polar surface area (TPSA) is 40.6 Å². The van der Waals surface area contributed by atoms with Gasteiger partial charge in [-0.2, -0.15) is 0 Å². The smallest absolute Gasteiger partial charge is 0.242 e. The molecular formula is C21H32N2O2. The number of carbonyl (C=O) groups excluding carboxylic acids is 2. The van der Waals surface area contributed by atoms with Crippen molar-refractivity contribution in [1.29, 1.82) is 0 Å². The number of fused-ring (bicyclic) bond motifs is 1. The predicted octanol–water partition coefficient (Wildman–Crippen LogP) is 3.81. The van der Waals surface area contributed by atoms with Gasteiger partial charge in [0.15, 0.2) is 0 Å². The van der Waals surface area contributed by atoms with E-state index in [9.17, 15) is 9.59 Å². The molecule has 0 saturated carbocycles. The summed E-state index contributed by atoms with van der Waals surface area (Å²) in [5.41, 5.74) is 2.56. The van der Waals surface area contributed by atoms with Crippen molar-refractivity contribution in [2.24, 2.45) is 5.92 Å². The molecule has 0 fully saturated rings. The van der Waals surface area contributed by atoms with Crippen molar-refractivity contribution in [3.63, 3.8) is 0 Å². The third-order valence-electron chi connectivity index (χ3n) is 5.03. The maximum atomic E-state index is 12.9. The van der Waals surface area contributed by atoms with Gasteiger partial charge in [-0.3, -0.25) is 9.59 Å². The van der Waals surface area contributed by atoms with E-state index in [0.717, 1.165) is 25.8 Å². The summed E-state index contributed by atoms with van der Waals surface area (Å²) in [6.07, 6.45) is 3.16. The highest BCUT2D eigenvalue weighted by Crippen LogP contribution is 2.29. The number of benzene rings is 1. The second-order valence-corrected chi connectivity index (χ2v) is 7.46. The zero-order chi connectivity index (χ0) is 18.4. The number of hydrogen-bond acceptors (Lipinski definition) is 2. The molecule has 1 aromatic carbocycles. The summed E-state index contributed by atoms with van der Waals surface area (Å²) in [6, 6.07) is 8.42. The Morgan fingerprint density at radius 3 is 2.68 bits per heavy atom. The van der Waals surface area contributed by atoms with Crippen molar-refractivity contribution in [2.75, 3.05) is 19.6 Å². The first-order valence-corrected chi connectivity index (χ1v) is 9.59. The molecule has 1 heterocycles. The van der Waals surface area contributed by atoms with Crippen molar-refractivity contribution in [3.05, 3.63) is 35.4 Å². The zero-order valence-corrected chi connectivity index (χ0v) is 16.1. The summed E-state index contributed by atoms with van der Waals surface area (Å²) in [6.45, 7) is 9.99. The first kappa shape index (κ1) is 19.5. The first-order chi connectivity index (χ1) is 11.9. The van der Waals surface area contributed by atoms with Crippen molar-refractivity contribution >= 4 is 11.8 Å². The van der Waals surface area contributed by atoms with E-state index in [1.165, 1.54) is 11.1 Å². The summed E-state index contributed by atoms with van der Waals surface area (Å²) >= 11 is 0. The van der Waals surface area contributed by atoms with E-state index in [1.54, 1.807) is 4.90 Å². The van der Waals surface area contributed by atoms with Crippen LogP contribution in [0, 0.1) is 5.92 Å². The Balaban J connectivity index is 2.06. The van der Waals surface area contributed by atoms with Crippen LogP contribution in [0.1, 0.15) is 64.1 Å². The van der Waals surface area contributed by atoms with Crippen LogP contribution in [0.5, 0.6) is 0 Å². The molecule has 1 unspecified atom stereocenters. The molecule has 4 nitrogen and oxygen atoms in total. The SMILES string of the molecule is CCCC(=O)N(CCC(C)C)CC(=O)N1CCc2ccccc2C1C. The molecule has 0 spiro atoms. The van der Waals surface area contributed by atoms with Gasteiger partial charge in [-0.25, -0.2) is 0 Å². The van der Waals surface area contributed by atoms with Gasteiger partial charge < -0.3 is 9.80 Å². The maximum Gasteiger partial charge on any atom is 0.242 e. The fourth-order valence-corrected chi connectivity index (χ4v) is 3.44. The number of hydrogen-bond donors (Lipinski definition) is 0. The Hall–Kier alpha value is -1.84. The summed E-state index contributed by atoms with van der Waals surface area (Å²) in [7, 11) is 0. The normalized spacial score (nSPS) is 16.7. The highest BCUT2D eigenvalue weighted by molar-refractivity contribution is 5.85. The molecular weight excluding hydrogens is 312 g/mol. The van der Waals surface area contributed by atoms with Gasteiger partial charge in [-0.1, -0.05) is 45.0 Å². The zero-order valence-electron chi connectivity index (χ0n) is 16.1. The van der Waals surface area contributed by atoms with E-state index in [0.29, 0.717) is 18.9 Å². The van der Waals surface area contributed by atoms with Crippen molar-refractivity contribution < 1.29 is 9.59 Å². The van der Waals surface area contributed by atoms with Crippen LogP contribution in [-0.4, -0.2) is 41.2 Å². The average Bonchev–Trinajstić information content (AvgIpc) is 2.59. The van der Waals surface area contributed by atoms with Gasteiger partial charge in [-0.05, 0) is 43.2 Å². The largest absolute Gasteiger partial charge is 0.334 e. The van der Waals surface area contributed by atoms with E-state index in [4.69, 9.17) is 0 Å². The van der Waals surface area contributed by atoms with Gasteiger partial charge in [0.2, 0.25) is 11.8 Å². The average molecular weight is 344 g/mol. The van der Waals surface area contributed by atoms with Crippen molar-refractivity contribution in [2.45, 2.75) is 59.4 Å². The molecule has 0 aromatic heterocycles. The predicted molar refractivity (Wildman–Crippen MR) is 101 cm³/mol. The number of carbonyl (C=O) groups is 2. The minimum Gasteiger partial charge on any atom is -0.334 e. The number of amides is 2. The number of rotatable bonds is 7. The highest BCUT2D eigenvalue weighted by Gasteiger charge is 2.29. The summed E-state index contributed by atoms with van der Waals surface area (Å²) in [5, 5.41) is 0. The molecule has 1 aromatic rings. The minimum atomic E-state index is 0.0650. The Morgan fingerprint density at radius 2 is 2.00 bits per heavy atom. The van der Waals surface area contributed by atoms with Gasteiger partial charge in [-0.15, -0.1) is 0 Å². The van der Waals surface area contributed by atoms with Crippen LogP contribution in [0.15, 0.2) is 24.3 Å². The van der Waals surface area contributed by atoms with E-state index in [-0.39, 0.29) is 24.4 Å². The van der Waals surface area contributed by atoms with E-state index in [1.807, 2.05) is 17.9 Å². The van der Waals surface area contributed by atoms with Gasteiger partial charge in [0, 0.05) is 19.5 Å². The summed E-state index contributed by atoms with van der Waals surface area (Å²) in [4.78, 5) is 29.0. The van der Waals surface area contributed by atoms with Crippen LogP contribution < -0.4 is 0 Å². The molecule has 0 radical (unpaired) electrons. The molecule has 2 amide bonds. The third-order valence-corrected chi connectivity index (χ3v) is 5.03. The second-order valence-electron chi connectivity index (χ2n) is 7.46. The van der Waals surface area contributed by atoms with Crippen LogP contribution in [-0.2, 0) is 16.0 Å². The van der Waals surface area contributed by atoms with Gasteiger partial charge in [0.05, 0.1) is 12.6 Å². The molecule has 0 aliphatic carbocycles. The molecule has 4 heteroatoms. The van der Waals surface area contributed by atoms with Crippen molar-refractivity contribution in [1.82, 2.24) is 9.80 Å². The summed E-state index contributed by atoms with van der Waals surface area (Å²) in [5.74, 6) is 0.685. The minimum absolute atomic E-state index is 0.0650. The van der Waals surface area contributed by atoms with E-state index >= 15 is 0 Å². The van der Waals surface area contributed by atoms with E-state index in [2.05, 4.69) is 39.0 Å². The molecule has 1 atom stereocenters. The van der Waals surface area contributed by atoms with Crippen molar-refractivity contribution in [3.8, 4) is 0 Å². The fraction of sp³-hybridized carbons (Fsp3) is 0.619. The Bertz CT molecular complexity index is 597. The lowest BCUT2D eigenvalue weighted by Crippen LogP contribution is -2.46. The molecule has 1 aliphatic rings. The maximum absolute atomic E-state index is 12.9. The Labute approximate surface area is 152 Å². The molecule has 1 aliphatic heterocycles. The van der Waals surface area contributed by atoms with Gasteiger partial charge in [0.25, 0.3) is 0 Å². The standard InChI is InChI=1S/C21H32N2O2/c1-5-8-20(24)22(13-11-16(2)3)15-21(25)23-14-12-18-9-6-7-10-19(18)17(23)4/h6-7,9-10,16-17H,5,8,11-15H2,1-4H3.